The van der Waals surface area contributed by atoms with Gasteiger partial charge >= 0.3 is 0 Å². The minimum atomic E-state index is -0.241. The maximum absolute atomic E-state index is 13.5. The zero-order chi connectivity index (χ0) is 14.5. The van der Waals surface area contributed by atoms with Gasteiger partial charge in [-0.2, -0.15) is 0 Å². The number of halogens is 2. The van der Waals surface area contributed by atoms with Crippen LogP contribution < -0.4 is 5.73 Å². The van der Waals surface area contributed by atoms with Gasteiger partial charge in [-0.15, -0.1) is 0 Å². The van der Waals surface area contributed by atoms with Crippen LogP contribution in [0.15, 0.2) is 53.0 Å². The second-order valence-corrected chi connectivity index (χ2v) is 5.67. The number of benzene rings is 2. The van der Waals surface area contributed by atoms with Crippen molar-refractivity contribution in [1.29, 1.82) is 0 Å². The summed E-state index contributed by atoms with van der Waals surface area (Å²) >= 11 is 3.48. The van der Waals surface area contributed by atoms with E-state index in [1.807, 2.05) is 25.2 Å². The fraction of sp³-hybridized carbons (Fsp3) is 0.250. The van der Waals surface area contributed by atoms with Gasteiger partial charge in [0.05, 0.1) is 0 Å². The molecule has 0 aliphatic carbocycles. The topological polar surface area (TPSA) is 29.3 Å². The van der Waals surface area contributed by atoms with Crippen LogP contribution in [0.2, 0.25) is 0 Å². The van der Waals surface area contributed by atoms with Gasteiger partial charge < -0.3 is 5.73 Å². The van der Waals surface area contributed by atoms with Crippen LogP contribution in [-0.4, -0.2) is 18.5 Å². The molecule has 1 unspecified atom stereocenters. The van der Waals surface area contributed by atoms with Crippen LogP contribution in [0.1, 0.15) is 17.2 Å². The quantitative estimate of drug-likeness (QED) is 0.901. The van der Waals surface area contributed by atoms with Crippen molar-refractivity contribution in [3.63, 3.8) is 0 Å². The van der Waals surface area contributed by atoms with Gasteiger partial charge in [-0.1, -0.05) is 46.3 Å². The van der Waals surface area contributed by atoms with Gasteiger partial charge in [-0.05, 0) is 36.4 Å². The van der Waals surface area contributed by atoms with Gasteiger partial charge in [-0.3, -0.25) is 4.90 Å². The Balaban J connectivity index is 2.21. The van der Waals surface area contributed by atoms with Crippen molar-refractivity contribution < 1.29 is 4.39 Å². The standard InChI is InChI=1S/C16H18BrFN2/c1-20(11-12-5-3-2-4-6-12)16(10-19)14-9-13(18)7-8-15(14)17/h2-9,16H,10-11,19H2,1H3. The average molecular weight is 337 g/mol. The molecule has 0 aliphatic rings. The van der Waals surface area contributed by atoms with Gasteiger partial charge in [0.15, 0.2) is 0 Å². The lowest BCUT2D eigenvalue weighted by Crippen LogP contribution is -2.30. The van der Waals surface area contributed by atoms with Crippen molar-refractivity contribution in [2.75, 3.05) is 13.6 Å². The number of hydrogen-bond acceptors (Lipinski definition) is 2. The highest BCUT2D eigenvalue weighted by Crippen LogP contribution is 2.28. The predicted molar refractivity (Wildman–Crippen MR) is 83.8 cm³/mol. The van der Waals surface area contributed by atoms with Crippen molar-refractivity contribution in [2.24, 2.45) is 5.73 Å². The van der Waals surface area contributed by atoms with Gasteiger partial charge in [0.2, 0.25) is 0 Å². The number of rotatable bonds is 5. The molecule has 2 N–H and O–H groups in total. The fourth-order valence-corrected chi connectivity index (χ4v) is 2.81. The van der Waals surface area contributed by atoms with Crippen LogP contribution in [0.25, 0.3) is 0 Å². The lowest BCUT2D eigenvalue weighted by molar-refractivity contribution is 0.240. The first-order valence-electron chi connectivity index (χ1n) is 6.51. The average Bonchev–Trinajstić information content (AvgIpc) is 2.44. The van der Waals surface area contributed by atoms with E-state index in [1.165, 1.54) is 11.6 Å². The molecular weight excluding hydrogens is 319 g/mol. The zero-order valence-corrected chi connectivity index (χ0v) is 13.0. The Bertz CT molecular complexity index is 560. The van der Waals surface area contributed by atoms with Crippen LogP contribution in [-0.2, 0) is 6.54 Å². The van der Waals surface area contributed by atoms with Crippen molar-refractivity contribution in [3.8, 4) is 0 Å². The fourth-order valence-electron chi connectivity index (χ4n) is 2.30. The Morgan fingerprint density at radius 2 is 1.90 bits per heavy atom. The number of nitrogens with two attached hydrogens (primary N) is 1. The molecule has 0 bridgehead atoms. The molecule has 0 aliphatic heterocycles. The molecule has 2 aromatic carbocycles. The van der Waals surface area contributed by atoms with Crippen molar-refractivity contribution in [1.82, 2.24) is 4.90 Å². The molecule has 0 heterocycles. The monoisotopic (exact) mass is 336 g/mol. The number of nitrogens with zero attached hydrogens (tertiary/aromatic N) is 1. The lowest BCUT2D eigenvalue weighted by Gasteiger charge is -2.28. The third-order valence-corrected chi connectivity index (χ3v) is 4.07. The van der Waals surface area contributed by atoms with E-state index in [4.69, 9.17) is 5.73 Å². The van der Waals surface area contributed by atoms with E-state index >= 15 is 0 Å². The molecule has 2 aromatic rings. The Labute approximate surface area is 127 Å². The summed E-state index contributed by atoms with van der Waals surface area (Å²) in [5.74, 6) is -0.241. The number of hydrogen-bond donors (Lipinski definition) is 1. The van der Waals surface area contributed by atoms with Gasteiger partial charge in [0, 0.05) is 23.6 Å². The Morgan fingerprint density at radius 1 is 1.20 bits per heavy atom. The molecule has 1 atom stereocenters. The number of likely N-dealkylation sites (N-methyl/N-ethyl adjacent to an activating group) is 1. The maximum atomic E-state index is 13.5. The Kier molecular flexibility index (Phi) is 5.29. The summed E-state index contributed by atoms with van der Waals surface area (Å²) in [6, 6.07) is 14.9. The van der Waals surface area contributed by atoms with E-state index in [1.54, 1.807) is 12.1 Å². The molecule has 4 heteroatoms. The van der Waals surface area contributed by atoms with Crippen molar-refractivity contribution in [3.05, 3.63) is 69.9 Å². The molecule has 0 aromatic heterocycles. The van der Waals surface area contributed by atoms with Crippen LogP contribution in [0.4, 0.5) is 4.39 Å². The summed E-state index contributed by atoms with van der Waals surface area (Å²) < 4.78 is 14.3. The molecule has 106 valence electrons. The largest absolute Gasteiger partial charge is 0.329 e. The Hall–Kier alpha value is -1.23. The molecule has 2 nitrogen and oxygen atoms in total. The molecule has 20 heavy (non-hydrogen) atoms. The third-order valence-electron chi connectivity index (χ3n) is 3.35. The summed E-state index contributed by atoms with van der Waals surface area (Å²) in [6.45, 7) is 1.21. The van der Waals surface area contributed by atoms with Gasteiger partial charge in [0.25, 0.3) is 0 Å². The minimum Gasteiger partial charge on any atom is -0.329 e. The molecule has 2 rings (SSSR count). The van der Waals surface area contributed by atoms with E-state index in [9.17, 15) is 4.39 Å². The highest BCUT2D eigenvalue weighted by Gasteiger charge is 2.18. The first-order chi connectivity index (χ1) is 9.61. The van der Waals surface area contributed by atoms with Gasteiger partial charge in [0.1, 0.15) is 5.82 Å². The van der Waals surface area contributed by atoms with E-state index in [2.05, 4.69) is 33.0 Å². The summed E-state index contributed by atoms with van der Waals surface area (Å²) in [5.41, 5.74) is 7.98. The van der Waals surface area contributed by atoms with Gasteiger partial charge in [-0.25, -0.2) is 4.39 Å². The molecule has 0 fully saturated rings. The highest BCUT2D eigenvalue weighted by atomic mass is 79.9. The van der Waals surface area contributed by atoms with Crippen LogP contribution >= 0.6 is 15.9 Å². The smallest absolute Gasteiger partial charge is 0.123 e. The van der Waals surface area contributed by atoms with E-state index in [0.29, 0.717) is 6.54 Å². The van der Waals surface area contributed by atoms with Crippen LogP contribution in [0.5, 0.6) is 0 Å². The van der Waals surface area contributed by atoms with Crippen LogP contribution in [0.3, 0.4) is 0 Å². The third kappa shape index (κ3) is 3.66. The van der Waals surface area contributed by atoms with Crippen molar-refractivity contribution in [2.45, 2.75) is 12.6 Å². The zero-order valence-electron chi connectivity index (χ0n) is 11.4. The molecule has 0 saturated heterocycles. The van der Waals surface area contributed by atoms with Crippen molar-refractivity contribution >= 4 is 15.9 Å². The van der Waals surface area contributed by atoms with E-state index in [0.717, 1.165) is 16.6 Å². The van der Waals surface area contributed by atoms with E-state index < -0.39 is 0 Å². The molecule has 0 spiro atoms. The van der Waals surface area contributed by atoms with Crippen LogP contribution in [0, 0.1) is 5.82 Å². The Morgan fingerprint density at radius 3 is 2.55 bits per heavy atom. The SMILES string of the molecule is CN(Cc1ccccc1)C(CN)c1cc(F)ccc1Br. The highest BCUT2D eigenvalue weighted by molar-refractivity contribution is 9.10. The minimum absolute atomic E-state index is 0.0275. The molecule has 0 amide bonds. The normalized spacial score (nSPS) is 12.7. The second-order valence-electron chi connectivity index (χ2n) is 4.82. The summed E-state index contributed by atoms with van der Waals surface area (Å²) in [6.07, 6.45) is 0. The summed E-state index contributed by atoms with van der Waals surface area (Å²) in [4.78, 5) is 2.13. The first kappa shape index (κ1) is 15.2. The maximum Gasteiger partial charge on any atom is 0.123 e. The molecule has 0 radical (unpaired) electrons. The second kappa shape index (κ2) is 6.97. The molecule has 0 saturated carbocycles. The summed E-state index contributed by atoms with van der Waals surface area (Å²) in [7, 11) is 2.00. The van der Waals surface area contributed by atoms with E-state index in [-0.39, 0.29) is 11.9 Å². The summed E-state index contributed by atoms with van der Waals surface area (Å²) in [5, 5.41) is 0. The lowest BCUT2D eigenvalue weighted by atomic mass is 10.0. The predicted octanol–water partition coefficient (Wildman–Crippen LogP) is 3.72. The first-order valence-corrected chi connectivity index (χ1v) is 7.30. The molecular formula is C16H18BrFN2.